The van der Waals surface area contributed by atoms with Crippen molar-refractivity contribution in [2.24, 2.45) is 4.99 Å². The summed E-state index contributed by atoms with van der Waals surface area (Å²) in [5.74, 6) is 0.717. The zero-order valence-electron chi connectivity index (χ0n) is 8.01. The van der Waals surface area contributed by atoms with E-state index in [9.17, 15) is 0 Å². The van der Waals surface area contributed by atoms with Crippen molar-refractivity contribution in [1.82, 2.24) is 20.6 Å². The molecule has 0 radical (unpaired) electrons. The Kier molecular flexibility index (Phi) is 1.81. The van der Waals surface area contributed by atoms with Crippen LogP contribution in [0.1, 0.15) is 12.2 Å². The molecule has 1 aromatic rings. The molecule has 0 fully saturated rings. The fourth-order valence-corrected chi connectivity index (χ4v) is 1.80. The second-order valence-electron chi connectivity index (χ2n) is 3.46. The molecule has 0 aromatic carbocycles. The summed E-state index contributed by atoms with van der Waals surface area (Å²) < 4.78 is 0. The highest BCUT2D eigenvalue weighted by atomic mass is 15.5. The lowest BCUT2D eigenvalue weighted by molar-refractivity contribution is 0.881. The van der Waals surface area contributed by atoms with Crippen molar-refractivity contribution >= 4 is 6.21 Å². The number of rotatable bonds is 2. The molecule has 0 saturated carbocycles. The van der Waals surface area contributed by atoms with Gasteiger partial charge in [0, 0.05) is 18.2 Å². The molecule has 2 heterocycles. The third-order valence-electron chi connectivity index (χ3n) is 2.49. The summed E-state index contributed by atoms with van der Waals surface area (Å²) in [7, 11) is 0. The van der Waals surface area contributed by atoms with Crippen LogP contribution in [0.4, 0.5) is 0 Å². The number of nitrogens with zero attached hydrogens (tertiary/aromatic N) is 4. The van der Waals surface area contributed by atoms with Gasteiger partial charge >= 0.3 is 0 Å². The summed E-state index contributed by atoms with van der Waals surface area (Å²) in [6.07, 6.45) is 9.71. The summed E-state index contributed by atoms with van der Waals surface area (Å²) in [4.78, 5) is 4.34. The highest BCUT2D eigenvalue weighted by Gasteiger charge is 2.16. The van der Waals surface area contributed by atoms with Crippen LogP contribution in [0.2, 0.25) is 0 Å². The zero-order chi connectivity index (χ0) is 10.1. The van der Waals surface area contributed by atoms with Crippen LogP contribution in [0.25, 0.3) is 0 Å². The number of hydrogen-bond acceptors (Lipinski definition) is 4. The van der Waals surface area contributed by atoms with Gasteiger partial charge in [0.1, 0.15) is 0 Å². The Labute approximate surface area is 86.3 Å². The molecule has 3 rings (SSSR count). The van der Waals surface area contributed by atoms with Crippen molar-refractivity contribution in [2.75, 3.05) is 0 Å². The maximum absolute atomic E-state index is 4.34. The first-order chi connectivity index (χ1) is 7.43. The largest absolute Gasteiger partial charge is 0.256 e. The molecule has 74 valence electrons. The molecule has 0 bridgehead atoms. The second-order valence-corrected chi connectivity index (χ2v) is 3.46. The number of hydrogen-bond donors (Lipinski definition) is 1. The summed E-state index contributed by atoms with van der Waals surface area (Å²) in [6, 6.07) is 0. The van der Waals surface area contributed by atoms with E-state index in [2.05, 4.69) is 37.8 Å². The van der Waals surface area contributed by atoms with Gasteiger partial charge in [-0.15, -0.1) is 10.2 Å². The summed E-state index contributed by atoms with van der Waals surface area (Å²) in [5.41, 5.74) is 3.50. The number of tetrazole rings is 1. The number of fused-ring (bicyclic) bond motifs is 1. The number of allylic oxidation sites excluding steroid dienone is 4. The van der Waals surface area contributed by atoms with Gasteiger partial charge < -0.3 is 0 Å². The SMILES string of the molecule is C1=CC2=CC=NC2=C(Cc2nn[nH]n2)C1. The van der Waals surface area contributed by atoms with Gasteiger partial charge in [-0.25, -0.2) is 0 Å². The molecule has 0 spiro atoms. The number of aliphatic imine (C=N–C) groups is 1. The van der Waals surface area contributed by atoms with E-state index >= 15 is 0 Å². The minimum atomic E-state index is 0.713. The van der Waals surface area contributed by atoms with Crippen molar-refractivity contribution in [3.63, 3.8) is 0 Å². The Morgan fingerprint density at radius 2 is 2.40 bits per heavy atom. The molecular formula is C10H9N5. The Bertz CT molecular complexity index is 490. The van der Waals surface area contributed by atoms with Gasteiger partial charge in [0.25, 0.3) is 0 Å². The van der Waals surface area contributed by atoms with Crippen LogP contribution in [-0.2, 0) is 6.42 Å². The van der Waals surface area contributed by atoms with Crippen molar-refractivity contribution < 1.29 is 0 Å². The monoisotopic (exact) mass is 199 g/mol. The van der Waals surface area contributed by atoms with Crippen LogP contribution in [-0.4, -0.2) is 26.8 Å². The Balaban J connectivity index is 1.93. The van der Waals surface area contributed by atoms with E-state index in [1.807, 2.05) is 12.3 Å². The molecule has 15 heavy (non-hydrogen) atoms. The first kappa shape index (κ1) is 8.28. The number of aromatic amines is 1. The van der Waals surface area contributed by atoms with E-state index in [0.717, 1.165) is 12.1 Å². The van der Waals surface area contributed by atoms with Gasteiger partial charge in [0.15, 0.2) is 5.82 Å². The average Bonchev–Trinajstić information content (AvgIpc) is 2.87. The van der Waals surface area contributed by atoms with Gasteiger partial charge in [0.2, 0.25) is 0 Å². The smallest absolute Gasteiger partial charge is 0.178 e. The van der Waals surface area contributed by atoms with E-state index in [4.69, 9.17) is 0 Å². The van der Waals surface area contributed by atoms with Crippen molar-refractivity contribution in [1.29, 1.82) is 0 Å². The molecule has 5 heteroatoms. The van der Waals surface area contributed by atoms with Crippen LogP contribution < -0.4 is 0 Å². The third kappa shape index (κ3) is 1.41. The van der Waals surface area contributed by atoms with Crippen LogP contribution in [0.5, 0.6) is 0 Å². The van der Waals surface area contributed by atoms with Crippen LogP contribution in [0.3, 0.4) is 0 Å². The molecule has 1 aliphatic heterocycles. The fraction of sp³-hybridized carbons (Fsp3) is 0.200. The maximum Gasteiger partial charge on any atom is 0.178 e. The summed E-state index contributed by atoms with van der Waals surface area (Å²) in [6.45, 7) is 0. The molecule has 1 aromatic heterocycles. The van der Waals surface area contributed by atoms with Crippen LogP contribution >= 0.6 is 0 Å². The number of aromatic nitrogens is 4. The quantitative estimate of drug-likeness (QED) is 0.771. The fourth-order valence-electron chi connectivity index (χ4n) is 1.80. The molecule has 0 saturated heterocycles. The highest BCUT2D eigenvalue weighted by molar-refractivity contribution is 5.81. The topological polar surface area (TPSA) is 66.8 Å². The Morgan fingerprint density at radius 3 is 3.27 bits per heavy atom. The molecule has 1 aliphatic carbocycles. The summed E-state index contributed by atoms with van der Waals surface area (Å²) in [5, 5.41) is 13.9. The predicted molar refractivity (Wildman–Crippen MR) is 55.2 cm³/mol. The minimum Gasteiger partial charge on any atom is -0.256 e. The standard InChI is InChI=1S/C10H9N5/c1-2-7-4-5-11-10(7)8(3-1)6-9-12-14-15-13-9/h1-2,4-5H,3,6H2,(H,12,13,14,15). The van der Waals surface area contributed by atoms with E-state index in [1.165, 1.54) is 11.1 Å². The predicted octanol–water partition coefficient (Wildman–Crippen LogP) is 0.967. The van der Waals surface area contributed by atoms with Crippen molar-refractivity contribution in [2.45, 2.75) is 12.8 Å². The molecule has 0 unspecified atom stereocenters. The van der Waals surface area contributed by atoms with E-state index < -0.39 is 0 Å². The van der Waals surface area contributed by atoms with Crippen molar-refractivity contribution in [3.05, 3.63) is 40.9 Å². The lowest BCUT2D eigenvalue weighted by atomic mass is 9.96. The molecule has 0 atom stereocenters. The average molecular weight is 199 g/mol. The molecule has 5 nitrogen and oxygen atoms in total. The highest BCUT2D eigenvalue weighted by Crippen LogP contribution is 2.29. The van der Waals surface area contributed by atoms with E-state index in [0.29, 0.717) is 12.2 Å². The Hall–Kier alpha value is -2.04. The maximum atomic E-state index is 4.34. The molecule has 2 aliphatic rings. The van der Waals surface area contributed by atoms with Crippen molar-refractivity contribution in [3.8, 4) is 0 Å². The van der Waals surface area contributed by atoms with E-state index in [-0.39, 0.29) is 0 Å². The number of nitrogens with one attached hydrogen (secondary N) is 1. The lowest BCUT2D eigenvalue weighted by Crippen LogP contribution is -2.00. The molecular weight excluding hydrogens is 190 g/mol. The molecule has 0 amide bonds. The lowest BCUT2D eigenvalue weighted by Gasteiger charge is -2.11. The number of H-pyrrole nitrogens is 1. The second kappa shape index (κ2) is 3.27. The molecule has 1 N–H and O–H groups in total. The van der Waals surface area contributed by atoms with Crippen LogP contribution in [0, 0.1) is 0 Å². The van der Waals surface area contributed by atoms with Crippen LogP contribution in [0.15, 0.2) is 40.1 Å². The van der Waals surface area contributed by atoms with Gasteiger partial charge in [-0.3, -0.25) is 4.99 Å². The van der Waals surface area contributed by atoms with E-state index in [1.54, 1.807) is 0 Å². The summed E-state index contributed by atoms with van der Waals surface area (Å²) >= 11 is 0. The van der Waals surface area contributed by atoms with Gasteiger partial charge in [0.05, 0.1) is 5.70 Å². The minimum absolute atomic E-state index is 0.713. The van der Waals surface area contributed by atoms with Gasteiger partial charge in [-0.2, -0.15) is 5.21 Å². The zero-order valence-corrected chi connectivity index (χ0v) is 8.01. The first-order valence-electron chi connectivity index (χ1n) is 4.79. The van der Waals surface area contributed by atoms with Gasteiger partial charge in [-0.05, 0) is 18.1 Å². The first-order valence-corrected chi connectivity index (χ1v) is 4.79. The van der Waals surface area contributed by atoms with Gasteiger partial charge in [-0.1, -0.05) is 17.4 Å². The third-order valence-corrected chi connectivity index (χ3v) is 2.49. The Morgan fingerprint density at radius 1 is 1.40 bits per heavy atom. The normalized spacial score (nSPS) is 18.3.